The van der Waals surface area contributed by atoms with E-state index in [-0.39, 0.29) is 11.9 Å². The Bertz CT molecular complexity index is 1050. The molecule has 1 atom stereocenters. The second-order valence-corrected chi connectivity index (χ2v) is 8.12. The first kappa shape index (κ1) is 18.7. The zero-order chi connectivity index (χ0) is 20.5. The third-order valence-corrected chi connectivity index (χ3v) is 6.21. The Hall–Kier alpha value is -3.28. The highest BCUT2D eigenvalue weighted by atomic mass is 16.2. The Morgan fingerprint density at radius 2 is 1.87 bits per heavy atom. The van der Waals surface area contributed by atoms with Gasteiger partial charge in [0.1, 0.15) is 6.33 Å². The molecule has 0 unspecified atom stereocenters. The van der Waals surface area contributed by atoms with Crippen LogP contribution in [0.2, 0.25) is 0 Å². The fourth-order valence-electron chi connectivity index (χ4n) is 4.62. The number of anilines is 1. The van der Waals surface area contributed by atoms with E-state index in [9.17, 15) is 4.79 Å². The molecular weight excluding hydrogens is 374 g/mol. The molecule has 0 spiro atoms. The highest BCUT2D eigenvalue weighted by molar-refractivity contribution is 5.95. The maximum Gasteiger partial charge on any atom is 0.254 e. The quantitative estimate of drug-likeness (QED) is 0.668. The molecule has 5 rings (SSSR count). The summed E-state index contributed by atoms with van der Waals surface area (Å²) in [6.07, 6.45) is 11.0. The van der Waals surface area contributed by atoms with Crippen molar-refractivity contribution < 1.29 is 4.79 Å². The first-order valence-electron chi connectivity index (χ1n) is 10.6. The molecule has 2 aromatic heterocycles. The topological polar surface area (TPSA) is 62.2 Å². The monoisotopic (exact) mass is 399 g/mol. The molecule has 1 aromatic carbocycles. The molecule has 6 nitrogen and oxygen atoms in total. The molecule has 0 saturated carbocycles. The molecule has 2 aliphatic rings. The Morgan fingerprint density at radius 3 is 2.67 bits per heavy atom. The lowest BCUT2D eigenvalue weighted by atomic mass is 9.99. The fourth-order valence-corrected chi connectivity index (χ4v) is 4.62. The van der Waals surface area contributed by atoms with Gasteiger partial charge in [-0.05, 0) is 55.5 Å². The van der Waals surface area contributed by atoms with Gasteiger partial charge in [-0.1, -0.05) is 6.07 Å². The van der Waals surface area contributed by atoms with Crippen LogP contribution in [0.15, 0.2) is 55.2 Å². The van der Waals surface area contributed by atoms with Gasteiger partial charge < -0.3 is 9.80 Å². The Morgan fingerprint density at radius 1 is 1.00 bits per heavy atom. The zero-order valence-corrected chi connectivity index (χ0v) is 17.2. The summed E-state index contributed by atoms with van der Waals surface area (Å²) in [7, 11) is 2.12. The van der Waals surface area contributed by atoms with Crippen molar-refractivity contribution >= 4 is 11.6 Å². The molecule has 0 N–H and O–H groups in total. The van der Waals surface area contributed by atoms with E-state index in [2.05, 4.69) is 39.0 Å². The van der Waals surface area contributed by atoms with Gasteiger partial charge in [-0.3, -0.25) is 9.78 Å². The molecule has 30 heavy (non-hydrogen) atoms. The van der Waals surface area contributed by atoms with E-state index in [0.717, 1.165) is 61.2 Å². The molecule has 1 amide bonds. The van der Waals surface area contributed by atoms with Gasteiger partial charge >= 0.3 is 0 Å². The van der Waals surface area contributed by atoms with Crippen molar-refractivity contribution in [3.63, 3.8) is 0 Å². The van der Waals surface area contributed by atoms with Gasteiger partial charge in [0.05, 0.1) is 11.7 Å². The molecule has 2 aliphatic heterocycles. The minimum atomic E-state index is 0.0253. The number of hydrogen-bond acceptors (Lipinski definition) is 5. The summed E-state index contributed by atoms with van der Waals surface area (Å²) >= 11 is 0. The van der Waals surface area contributed by atoms with Gasteiger partial charge in [0.2, 0.25) is 0 Å². The average molecular weight is 399 g/mol. The summed E-state index contributed by atoms with van der Waals surface area (Å²) in [5, 5.41) is 0. The Labute approximate surface area is 176 Å². The molecule has 152 valence electrons. The predicted molar refractivity (Wildman–Crippen MR) is 116 cm³/mol. The number of hydrogen-bond donors (Lipinski definition) is 0. The van der Waals surface area contributed by atoms with Crippen molar-refractivity contribution in [2.45, 2.75) is 31.7 Å². The van der Waals surface area contributed by atoms with E-state index >= 15 is 0 Å². The molecule has 0 bridgehead atoms. The largest absolute Gasteiger partial charge is 0.374 e. The zero-order valence-electron chi connectivity index (χ0n) is 17.2. The normalized spacial score (nSPS) is 18.4. The third kappa shape index (κ3) is 3.43. The highest BCUT2D eigenvalue weighted by Gasteiger charge is 2.32. The van der Waals surface area contributed by atoms with Crippen LogP contribution in [-0.4, -0.2) is 45.9 Å². The van der Waals surface area contributed by atoms with Crippen molar-refractivity contribution in [1.29, 1.82) is 0 Å². The summed E-state index contributed by atoms with van der Waals surface area (Å²) in [5.41, 5.74) is 6.17. The molecule has 1 fully saturated rings. The molecule has 0 aliphatic carbocycles. The third-order valence-electron chi connectivity index (χ3n) is 6.21. The van der Waals surface area contributed by atoms with Crippen LogP contribution in [0.3, 0.4) is 0 Å². The lowest BCUT2D eigenvalue weighted by molar-refractivity contribution is 0.0733. The molecule has 1 saturated heterocycles. The Balaban J connectivity index is 1.38. The number of fused-ring (bicyclic) bond motifs is 1. The van der Waals surface area contributed by atoms with Crippen LogP contribution in [-0.2, 0) is 6.42 Å². The number of carbonyl (C=O) groups is 1. The molecule has 6 heteroatoms. The number of likely N-dealkylation sites (tertiary alicyclic amines) is 1. The van der Waals surface area contributed by atoms with Crippen LogP contribution in [0.4, 0.5) is 5.69 Å². The first-order chi connectivity index (χ1) is 14.7. The van der Waals surface area contributed by atoms with E-state index in [1.807, 2.05) is 29.3 Å². The van der Waals surface area contributed by atoms with Crippen molar-refractivity contribution in [2.24, 2.45) is 0 Å². The summed E-state index contributed by atoms with van der Waals surface area (Å²) < 4.78 is 0. The number of pyridine rings is 1. The van der Waals surface area contributed by atoms with Crippen LogP contribution in [0, 0.1) is 0 Å². The number of nitrogens with zero attached hydrogens (tertiary/aromatic N) is 5. The number of aryl methyl sites for hydroxylation is 1. The van der Waals surface area contributed by atoms with E-state index in [1.165, 1.54) is 17.6 Å². The number of amides is 1. The van der Waals surface area contributed by atoms with E-state index in [0.29, 0.717) is 0 Å². The van der Waals surface area contributed by atoms with Crippen LogP contribution < -0.4 is 4.90 Å². The van der Waals surface area contributed by atoms with Gasteiger partial charge in [0.15, 0.2) is 0 Å². The van der Waals surface area contributed by atoms with Crippen LogP contribution in [0.5, 0.6) is 0 Å². The van der Waals surface area contributed by atoms with Crippen molar-refractivity contribution in [3.8, 4) is 11.1 Å². The van der Waals surface area contributed by atoms with Crippen LogP contribution >= 0.6 is 0 Å². The minimum Gasteiger partial charge on any atom is -0.374 e. The van der Waals surface area contributed by atoms with Crippen LogP contribution in [0.1, 0.15) is 46.9 Å². The molecule has 4 heterocycles. The highest BCUT2D eigenvalue weighted by Crippen LogP contribution is 2.34. The van der Waals surface area contributed by atoms with Gasteiger partial charge in [-0.2, -0.15) is 0 Å². The number of rotatable bonds is 3. The van der Waals surface area contributed by atoms with Crippen LogP contribution in [0.25, 0.3) is 11.1 Å². The van der Waals surface area contributed by atoms with E-state index < -0.39 is 0 Å². The maximum atomic E-state index is 13.4. The molecule has 0 radical (unpaired) electrons. The predicted octanol–water partition coefficient (Wildman–Crippen LogP) is 3.90. The number of aromatic nitrogens is 3. The van der Waals surface area contributed by atoms with E-state index in [4.69, 9.17) is 0 Å². The summed E-state index contributed by atoms with van der Waals surface area (Å²) in [6, 6.07) is 10.3. The lowest BCUT2D eigenvalue weighted by Gasteiger charge is -2.29. The summed E-state index contributed by atoms with van der Waals surface area (Å²) in [5.74, 6) is 0.107. The smallest absolute Gasteiger partial charge is 0.254 e. The van der Waals surface area contributed by atoms with Gasteiger partial charge in [-0.15, -0.1) is 0 Å². The van der Waals surface area contributed by atoms with E-state index in [1.54, 1.807) is 12.4 Å². The maximum absolute atomic E-state index is 13.4. The second-order valence-electron chi connectivity index (χ2n) is 8.12. The minimum absolute atomic E-state index is 0.0253. The standard InChI is InChI=1S/C24H25N5O/c1-28-10-2-4-17-12-18(7-9-22(17)28)24(30)29-11-3-5-23(29)21-8-6-19(15-27-21)20-13-25-16-26-14-20/h6-9,12-16,23H,2-5,10-11H2,1H3/t23-/m1/s1. The fraction of sp³-hybridized carbons (Fsp3) is 0.333. The molecular formula is C24H25N5O. The average Bonchev–Trinajstić information content (AvgIpc) is 3.29. The lowest BCUT2D eigenvalue weighted by Crippen LogP contribution is -2.31. The van der Waals surface area contributed by atoms with Gasteiger partial charge in [-0.25, -0.2) is 9.97 Å². The Kier molecular flexibility index (Phi) is 4.91. The molecule has 3 aromatic rings. The SMILES string of the molecule is CN1CCCc2cc(C(=O)N3CCC[C@@H]3c3ccc(-c4cncnc4)cn3)ccc21. The number of benzene rings is 1. The second kappa shape index (κ2) is 7.86. The number of carbonyl (C=O) groups excluding carboxylic acids is 1. The summed E-state index contributed by atoms with van der Waals surface area (Å²) in [4.78, 5) is 30.4. The first-order valence-corrected chi connectivity index (χ1v) is 10.6. The van der Waals surface area contributed by atoms with Crippen molar-refractivity contribution in [3.05, 3.63) is 72.1 Å². The van der Waals surface area contributed by atoms with Crippen molar-refractivity contribution in [1.82, 2.24) is 19.9 Å². The van der Waals surface area contributed by atoms with Crippen molar-refractivity contribution in [2.75, 3.05) is 25.0 Å². The summed E-state index contributed by atoms with van der Waals surface area (Å²) in [6.45, 7) is 1.85. The van der Waals surface area contributed by atoms with Gasteiger partial charge in [0.25, 0.3) is 5.91 Å². The van der Waals surface area contributed by atoms with Gasteiger partial charge in [0, 0.05) is 61.1 Å².